The van der Waals surface area contributed by atoms with Gasteiger partial charge in [0.2, 0.25) is 11.6 Å². The predicted octanol–water partition coefficient (Wildman–Crippen LogP) is 5.28. The third-order valence-corrected chi connectivity index (χ3v) is 3.05. The van der Waals surface area contributed by atoms with E-state index in [1.165, 1.54) is 6.07 Å². The van der Waals surface area contributed by atoms with Gasteiger partial charge < -0.3 is 4.74 Å². The van der Waals surface area contributed by atoms with Gasteiger partial charge in [-0.2, -0.15) is 4.39 Å². The van der Waals surface area contributed by atoms with Gasteiger partial charge in [-0.1, -0.05) is 23.2 Å². The highest BCUT2D eigenvalue weighted by atomic mass is 35.5. The summed E-state index contributed by atoms with van der Waals surface area (Å²) in [6.07, 6.45) is 0. The zero-order valence-corrected chi connectivity index (χ0v) is 10.7. The van der Waals surface area contributed by atoms with E-state index in [-0.39, 0.29) is 5.75 Å². The van der Waals surface area contributed by atoms with Crippen LogP contribution in [0.25, 0.3) is 0 Å². The minimum absolute atomic E-state index is 0.376. The molecule has 0 heterocycles. The van der Waals surface area contributed by atoms with Crippen LogP contribution in [0.15, 0.2) is 12.1 Å². The molecule has 0 unspecified atom stereocenters. The maximum Gasteiger partial charge on any atom is 0.205 e. The Balaban J connectivity index is 2.48. The van der Waals surface area contributed by atoms with Crippen molar-refractivity contribution in [2.75, 3.05) is 0 Å². The van der Waals surface area contributed by atoms with Crippen LogP contribution < -0.4 is 4.74 Å². The molecule has 0 N–H and O–H groups in total. The summed E-state index contributed by atoms with van der Waals surface area (Å²) < 4.78 is 69.8. The Morgan fingerprint density at radius 2 is 1.50 bits per heavy atom. The van der Waals surface area contributed by atoms with Gasteiger partial charge in [0.1, 0.15) is 16.6 Å². The highest BCUT2D eigenvalue weighted by molar-refractivity contribution is 6.43. The van der Waals surface area contributed by atoms with Gasteiger partial charge >= 0.3 is 0 Å². The molecule has 8 heteroatoms. The van der Waals surface area contributed by atoms with E-state index < -0.39 is 44.9 Å². The van der Waals surface area contributed by atoms with Gasteiger partial charge in [-0.15, -0.1) is 0 Å². The predicted molar refractivity (Wildman–Crippen MR) is 61.6 cm³/mol. The minimum atomic E-state index is -2.07. The molecule has 0 saturated carbocycles. The lowest BCUT2D eigenvalue weighted by atomic mass is 10.3. The molecular formula is C12H2Cl2F5O. The lowest BCUT2D eigenvalue weighted by Gasteiger charge is -2.10. The summed E-state index contributed by atoms with van der Waals surface area (Å²) in [6, 6.07) is 3.32. The summed E-state index contributed by atoms with van der Waals surface area (Å²) in [5.74, 6) is -10.0. The van der Waals surface area contributed by atoms with Crippen molar-refractivity contribution in [3.63, 3.8) is 0 Å². The van der Waals surface area contributed by atoms with Crippen molar-refractivity contribution in [3.05, 3.63) is 57.3 Å². The van der Waals surface area contributed by atoms with Crippen molar-refractivity contribution in [2.45, 2.75) is 0 Å². The minimum Gasteiger partial charge on any atom is -0.452 e. The average Bonchev–Trinajstić information content (AvgIpc) is 2.42. The maximum absolute atomic E-state index is 13.4. The highest BCUT2D eigenvalue weighted by Gasteiger charge is 2.22. The molecule has 1 nitrogen and oxygen atoms in total. The molecule has 2 aromatic carbocycles. The molecule has 2 aromatic rings. The van der Waals surface area contributed by atoms with E-state index in [0.717, 1.165) is 12.1 Å². The molecular weight excluding hydrogens is 326 g/mol. The number of benzene rings is 2. The van der Waals surface area contributed by atoms with E-state index in [4.69, 9.17) is 27.9 Å². The first-order valence-corrected chi connectivity index (χ1v) is 5.65. The second-order valence-corrected chi connectivity index (χ2v) is 4.24. The van der Waals surface area contributed by atoms with Crippen LogP contribution in [0.1, 0.15) is 0 Å². The van der Waals surface area contributed by atoms with E-state index in [1.54, 1.807) is 0 Å². The maximum atomic E-state index is 13.4. The third kappa shape index (κ3) is 2.53. The standard InChI is InChI=1S/C12H2Cl2F5O/c13-8-4(15)1-2-6(9(8)14)20-7-3-5(16)10(17)12(19)11(7)18/h1-2H. The van der Waals surface area contributed by atoms with Crippen LogP contribution in [0.3, 0.4) is 0 Å². The van der Waals surface area contributed by atoms with Gasteiger partial charge in [-0.25, -0.2) is 17.6 Å². The van der Waals surface area contributed by atoms with Gasteiger partial charge in [-0.05, 0) is 12.1 Å². The van der Waals surface area contributed by atoms with E-state index in [9.17, 15) is 22.0 Å². The Hall–Kier alpha value is -1.53. The summed E-state index contributed by atoms with van der Waals surface area (Å²) in [4.78, 5) is 0. The number of ether oxygens (including phenoxy) is 1. The summed E-state index contributed by atoms with van der Waals surface area (Å²) in [5, 5.41) is -0.961. The summed E-state index contributed by atoms with van der Waals surface area (Å²) >= 11 is 11.1. The first kappa shape index (κ1) is 14.9. The van der Waals surface area contributed by atoms with Gasteiger partial charge in [0.15, 0.2) is 17.4 Å². The molecule has 1 radical (unpaired) electrons. The van der Waals surface area contributed by atoms with Crippen molar-refractivity contribution in [1.82, 2.24) is 0 Å². The first-order valence-electron chi connectivity index (χ1n) is 4.89. The molecule has 0 fully saturated rings. The monoisotopic (exact) mass is 327 g/mol. The van der Waals surface area contributed by atoms with Crippen molar-refractivity contribution in [2.24, 2.45) is 0 Å². The fraction of sp³-hybridized carbons (Fsp3) is 0. The van der Waals surface area contributed by atoms with E-state index in [2.05, 4.69) is 0 Å². The Morgan fingerprint density at radius 1 is 0.850 bits per heavy atom. The Kier molecular flexibility index (Phi) is 4.06. The molecule has 0 aliphatic rings. The largest absolute Gasteiger partial charge is 0.452 e. The molecule has 0 spiro atoms. The van der Waals surface area contributed by atoms with E-state index in [0.29, 0.717) is 0 Å². The third-order valence-electron chi connectivity index (χ3n) is 2.21. The SMILES string of the molecule is Fc1[c]c(Oc2ccc(F)c(Cl)c2Cl)c(F)c(F)c1F. The topological polar surface area (TPSA) is 9.23 Å². The number of rotatable bonds is 2. The number of hydrogen-bond donors (Lipinski definition) is 0. The van der Waals surface area contributed by atoms with E-state index in [1.807, 2.05) is 0 Å². The normalized spacial score (nSPS) is 10.8. The van der Waals surface area contributed by atoms with Gasteiger partial charge in [0, 0.05) is 0 Å². The molecule has 0 bridgehead atoms. The number of halogens is 7. The van der Waals surface area contributed by atoms with Crippen LogP contribution in [0.5, 0.6) is 11.5 Å². The molecule has 0 amide bonds. The zero-order chi connectivity index (χ0) is 15.0. The van der Waals surface area contributed by atoms with Gasteiger partial charge in [0.25, 0.3) is 0 Å². The average molecular weight is 328 g/mol. The Morgan fingerprint density at radius 3 is 2.15 bits per heavy atom. The van der Waals surface area contributed by atoms with Crippen LogP contribution in [0.4, 0.5) is 22.0 Å². The second kappa shape index (κ2) is 5.46. The quantitative estimate of drug-likeness (QED) is 0.414. The van der Waals surface area contributed by atoms with Crippen LogP contribution in [-0.2, 0) is 0 Å². The Labute approximate surface area is 119 Å². The molecule has 0 aliphatic heterocycles. The summed E-state index contributed by atoms with van der Waals surface area (Å²) in [5.41, 5.74) is 0. The molecule has 0 aromatic heterocycles. The molecule has 105 valence electrons. The lowest BCUT2D eigenvalue weighted by molar-refractivity contribution is 0.369. The molecule has 0 saturated heterocycles. The summed E-state index contributed by atoms with van der Waals surface area (Å²) in [6.45, 7) is 0. The molecule has 2 rings (SSSR count). The fourth-order valence-electron chi connectivity index (χ4n) is 1.27. The van der Waals surface area contributed by atoms with Crippen molar-refractivity contribution in [1.29, 1.82) is 0 Å². The van der Waals surface area contributed by atoms with Gasteiger partial charge in [-0.3, -0.25) is 0 Å². The first-order chi connectivity index (χ1) is 9.32. The van der Waals surface area contributed by atoms with Crippen molar-refractivity contribution >= 4 is 23.2 Å². The fourth-order valence-corrected chi connectivity index (χ4v) is 1.62. The van der Waals surface area contributed by atoms with Gasteiger partial charge in [0.05, 0.1) is 11.1 Å². The zero-order valence-electron chi connectivity index (χ0n) is 9.21. The van der Waals surface area contributed by atoms with Crippen LogP contribution in [0.2, 0.25) is 10.0 Å². The van der Waals surface area contributed by atoms with Crippen LogP contribution in [0, 0.1) is 35.2 Å². The van der Waals surface area contributed by atoms with E-state index >= 15 is 0 Å². The smallest absolute Gasteiger partial charge is 0.205 e. The Bertz CT molecular complexity index is 690. The molecule has 0 atom stereocenters. The van der Waals surface area contributed by atoms with Crippen LogP contribution >= 0.6 is 23.2 Å². The molecule has 0 aliphatic carbocycles. The van der Waals surface area contributed by atoms with Crippen molar-refractivity contribution < 1.29 is 26.7 Å². The summed E-state index contributed by atoms with van der Waals surface area (Å²) in [7, 11) is 0. The van der Waals surface area contributed by atoms with Crippen LogP contribution in [-0.4, -0.2) is 0 Å². The highest BCUT2D eigenvalue weighted by Crippen LogP contribution is 2.37. The lowest BCUT2D eigenvalue weighted by Crippen LogP contribution is -2.00. The second-order valence-electron chi connectivity index (χ2n) is 3.49. The number of hydrogen-bond acceptors (Lipinski definition) is 1. The van der Waals surface area contributed by atoms with Crippen molar-refractivity contribution in [3.8, 4) is 11.5 Å². The molecule has 20 heavy (non-hydrogen) atoms.